The number of aryl methyl sites for hydroxylation is 1. The van der Waals surface area contributed by atoms with Gasteiger partial charge in [0.2, 0.25) is 0 Å². The summed E-state index contributed by atoms with van der Waals surface area (Å²) in [5, 5.41) is 10.8. The quantitative estimate of drug-likeness (QED) is 0.722. The van der Waals surface area contributed by atoms with Gasteiger partial charge in [-0.3, -0.25) is 0 Å². The Morgan fingerprint density at radius 2 is 2.31 bits per heavy atom. The highest BCUT2D eigenvalue weighted by molar-refractivity contribution is 5.84. The molecule has 0 saturated heterocycles. The Balaban J connectivity index is 2.26. The SMILES string of the molecule is CCOC(=O)c1nnc(-c2cnoc2C)o1. The molecule has 0 atom stereocenters. The maximum Gasteiger partial charge on any atom is 0.396 e. The fraction of sp³-hybridized carbons (Fsp3) is 0.333. The summed E-state index contributed by atoms with van der Waals surface area (Å²) in [6.07, 6.45) is 1.44. The van der Waals surface area contributed by atoms with Crippen molar-refractivity contribution < 1.29 is 18.5 Å². The molecule has 0 aromatic carbocycles. The molecule has 7 heteroatoms. The molecule has 0 amide bonds. The van der Waals surface area contributed by atoms with Gasteiger partial charge in [-0.05, 0) is 13.8 Å². The second kappa shape index (κ2) is 4.13. The van der Waals surface area contributed by atoms with Gasteiger partial charge in [-0.15, -0.1) is 10.2 Å². The lowest BCUT2D eigenvalue weighted by atomic mass is 10.3. The monoisotopic (exact) mass is 223 g/mol. The highest BCUT2D eigenvalue weighted by Gasteiger charge is 2.19. The van der Waals surface area contributed by atoms with E-state index < -0.39 is 5.97 Å². The van der Waals surface area contributed by atoms with Crippen LogP contribution >= 0.6 is 0 Å². The number of nitrogens with zero attached hydrogens (tertiary/aromatic N) is 3. The van der Waals surface area contributed by atoms with Crippen LogP contribution in [-0.4, -0.2) is 27.9 Å². The van der Waals surface area contributed by atoms with E-state index in [4.69, 9.17) is 13.7 Å². The van der Waals surface area contributed by atoms with Gasteiger partial charge in [0, 0.05) is 0 Å². The molecule has 0 radical (unpaired) electrons. The molecule has 7 nitrogen and oxygen atoms in total. The smallest absolute Gasteiger partial charge is 0.396 e. The molecular formula is C9H9N3O4. The van der Waals surface area contributed by atoms with Gasteiger partial charge < -0.3 is 13.7 Å². The van der Waals surface area contributed by atoms with Crippen LogP contribution in [-0.2, 0) is 4.74 Å². The molecule has 2 aromatic heterocycles. The minimum atomic E-state index is -0.643. The number of carbonyl (C=O) groups excluding carboxylic acids is 1. The summed E-state index contributed by atoms with van der Waals surface area (Å²) in [6.45, 7) is 3.65. The van der Waals surface area contributed by atoms with E-state index in [0.717, 1.165) is 0 Å². The van der Waals surface area contributed by atoms with Crippen molar-refractivity contribution >= 4 is 5.97 Å². The Kier molecular flexibility index (Phi) is 2.67. The molecule has 0 fully saturated rings. The lowest BCUT2D eigenvalue weighted by molar-refractivity contribution is 0.0481. The van der Waals surface area contributed by atoms with Crippen LogP contribution in [0.2, 0.25) is 0 Å². The van der Waals surface area contributed by atoms with Crippen molar-refractivity contribution in [3.8, 4) is 11.5 Å². The Hall–Kier alpha value is -2.18. The van der Waals surface area contributed by atoms with Gasteiger partial charge in [0.15, 0.2) is 0 Å². The van der Waals surface area contributed by atoms with Crippen LogP contribution in [0.25, 0.3) is 11.5 Å². The van der Waals surface area contributed by atoms with Crippen LogP contribution in [0.5, 0.6) is 0 Å². The maximum absolute atomic E-state index is 11.3. The molecule has 0 aliphatic heterocycles. The number of ether oxygens (including phenoxy) is 1. The molecule has 0 saturated carbocycles. The predicted octanol–water partition coefficient (Wildman–Crippen LogP) is 1.21. The Labute approximate surface area is 90.4 Å². The van der Waals surface area contributed by atoms with Crippen LogP contribution in [0.1, 0.15) is 23.4 Å². The first kappa shape index (κ1) is 10.3. The topological polar surface area (TPSA) is 91.2 Å². The summed E-state index contributed by atoms with van der Waals surface area (Å²) >= 11 is 0. The summed E-state index contributed by atoms with van der Waals surface area (Å²) in [5.41, 5.74) is 0.558. The van der Waals surface area contributed by atoms with E-state index in [1.165, 1.54) is 6.20 Å². The van der Waals surface area contributed by atoms with Gasteiger partial charge in [-0.25, -0.2) is 4.79 Å². The van der Waals surface area contributed by atoms with E-state index in [1.54, 1.807) is 13.8 Å². The van der Waals surface area contributed by atoms with Crippen molar-refractivity contribution in [1.82, 2.24) is 15.4 Å². The van der Waals surface area contributed by atoms with Crippen LogP contribution in [0.3, 0.4) is 0 Å². The fourth-order valence-corrected chi connectivity index (χ4v) is 1.11. The third kappa shape index (κ3) is 1.79. The molecule has 84 valence electrons. The predicted molar refractivity (Wildman–Crippen MR) is 50.5 cm³/mol. The van der Waals surface area contributed by atoms with Gasteiger partial charge in [-0.1, -0.05) is 5.16 Å². The minimum absolute atomic E-state index is 0.182. The summed E-state index contributed by atoms with van der Waals surface area (Å²) in [6, 6.07) is 0. The molecule has 2 rings (SSSR count). The number of rotatable bonds is 3. The molecular weight excluding hydrogens is 214 g/mol. The number of esters is 1. The van der Waals surface area contributed by atoms with Gasteiger partial charge in [0.05, 0.1) is 12.8 Å². The Morgan fingerprint density at radius 3 is 2.94 bits per heavy atom. The molecule has 0 bridgehead atoms. The number of hydrogen-bond acceptors (Lipinski definition) is 7. The standard InChI is InChI=1S/C9H9N3O4/c1-3-14-9(13)8-12-11-7(15-8)6-4-10-16-5(6)2/h4H,3H2,1-2H3. The summed E-state index contributed by atoms with van der Waals surface area (Å²) < 4.78 is 14.7. The van der Waals surface area contributed by atoms with Crippen LogP contribution < -0.4 is 0 Å². The number of hydrogen-bond donors (Lipinski definition) is 0. The summed E-state index contributed by atoms with van der Waals surface area (Å²) in [4.78, 5) is 11.3. The molecule has 2 aromatic rings. The molecule has 0 N–H and O–H groups in total. The van der Waals surface area contributed by atoms with Gasteiger partial charge in [-0.2, -0.15) is 0 Å². The second-order valence-electron chi connectivity index (χ2n) is 2.93. The van der Waals surface area contributed by atoms with Crippen LogP contribution in [0.15, 0.2) is 15.1 Å². The lowest BCUT2D eigenvalue weighted by Crippen LogP contribution is -2.04. The zero-order valence-electron chi connectivity index (χ0n) is 8.76. The number of carbonyl (C=O) groups is 1. The van der Waals surface area contributed by atoms with E-state index in [2.05, 4.69) is 15.4 Å². The van der Waals surface area contributed by atoms with Crippen LogP contribution in [0, 0.1) is 6.92 Å². The number of aromatic nitrogens is 3. The first-order valence-corrected chi connectivity index (χ1v) is 4.64. The molecule has 16 heavy (non-hydrogen) atoms. The zero-order valence-corrected chi connectivity index (χ0v) is 8.76. The molecule has 0 spiro atoms. The van der Waals surface area contributed by atoms with E-state index in [-0.39, 0.29) is 18.4 Å². The third-order valence-corrected chi connectivity index (χ3v) is 1.86. The van der Waals surface area contributed by atoms with E-state index in [9.17, 15) is 4.79 Å². The van der Waals surface area contributed by atoms with Crippen LogP contribution in [0.4, 0.5) is 0 Å². The zero-order chi connectivity index (χ0) is 11.5. The molecule has 2 heterocycles. The Bertz CT molecular complexity index is 502. The van der Waals surface area contributed by atoms with Gasteiger partial charge in [0.1, 0.15) is 11.3 Å². The average Bonchev–Trinajstić information content (AvgIpc) is 2.86. The van der Waals surface area contributed by atoms with E-state index in [0.29, 0.717) is 11.3 Å². The van der Waals surface area contributed by atoms with Crippen molar-refractivity contribution in [1.29, 1.82) is 0 Å². The minimum Gasteiger partial charge on any atom is -0.459 e. The van der Waals surface area contributed by atoms with Crippen molar-refractivity contribution in [3.05, 3.63) is 17.8 Å². The van der Waals surface area contributed by atoms with E-state index in [1.807, 2.05) is 0 Å². The Morgan fingerprint density at radius 1 is 1.50 bits per heavy atom. The van der Waals surface area contributed by atoms with Crippen molar-refractivity contribution in [2.75, 3.05) is 6.61 Å². The first-order chi connectivity index (χ1) is 7.72. The summed E-state index contributed by atoms with van der Waals surface area (Å²) in [5.74, 6) is -0.103. The highest BCUT2D eigenvalue weighted by Crippen LogP contribution is 2.21. The second-order valence-corrected chi connectivity index (χ2v) is 2.93. The van der Waals surface area contributed by atoms with Gasteiger partial charge in [0.25, 0.3) is 5.89 Å². The maximum atomic E-state index is 11.3. The van der Waals surface area contributed by atoms with Crippen molar-refractivity contribution in [2.45, 2.75) is 13.8 Å². The average molecular weight is 223 g/mol. The molecule has 0 aliphatic carbocycles. The summed E-state index contributed by atoms with van der Waals surface area (Å²) in [7, 11) is 0. The first-order valence-electron chi connectivity index (χ1n) is 4.64. The lowest BCUT2D eigenvalue weighted by Gasteiger charge is -1.94. The normalized spacial score (nSPS) is 10.4. The van der Waals surface area contributed by atoms with Crippen molar-refractivity contribution in [2.24, 2.45) is 0 Å². The fourth-order valence-electron chi connectivity index (χ4n) is 1.11. The molecule has 0 unspecified atom stereocenters. The largest absolute Gasteiger partial charge is 0.459 e. The van der Waals surface area contributed by atoms with Gasteiger partial charge >= 0.3 is 11.9 Å². The van der Waals surface area contributed by atoms with E-state index >= 15 is 0 Å². The molecule has 0 aliphatic rings. The third-order valence-electron chi connectivity index (χ3n) is 1.86. The highest BCUT2D eigenvalue weighted by atomic mass is 16.5. The van der Waals surface area contributed by atoms with Crippen molar-refractivity contribution in [3.63, 3.8) is 0 Å².